The number of benzene rings is 2. The van der Waals surface area contributed by atoms with Gasteiger partial charge in [0.15, 0.2) is 0 Å². The van der Waals surface area contributed by atoms with Gasteiger partial charge in [0.2, 0.25) is 5.91 Å². The lowest BCUT2D eigenvalue weighted by molar-refractivity contribution is -0.138. The number of halogens is 2. The van der Waals surface area contributed by atoms with Crippen molar-refractivity contribution in [2.45, 2.75) is 38.1 Å². The van der Waals surface area contributed by atoms with Crippen LogP contribution >= 0.6 is 23.2 Å². The first kappa shape index (κ1) is 46.0. The van der Waals surface area contributed by atoms with Crippen molar-refractivity contribution in [3.05, 3.63) is 76.0 Å². The van der Waals surface area contributed by atoms with Gasteiger partial charge in [0.1, 0.15) is 17.1 Å². The van der Waals surface area contributed by atoms with Crippen LogP contribution in [-0.2, 0) is 44.4 Å². The average Bonchev–Trinajstić information content (AvgIpc) is 4.08. The number of para-hydroxylation sites is 2. The third kappa shape index (κ3) is 15.2. The number of carbonyl (C=O) groups is 3. The number of carbonyl (C=O) groups excluding carboxylic acids is 2. The number of aryl methyl sites for hydroxylation is 1. The van der Waals surface area contributed by atoms with Crippen LogP contribution in [0.2, 0.25) is 10.0 Å². The molecule has 0 radical (unpaired) electrons. The predicted molar refractivity (Wildman–Crippen MR) is 222 cm³/mol. The lowest BCUT2D eigenvalue weighted by Gasteiger charge is -2.38. The minimum atomic E-state index is -0.888. The summed E-state index contributed by atoms with van der Waals surface area (Å²) in [4.78, 5) is 47.2. The second kappa shape index (κ2) is 24.9. The Kier molecular flexibility index (Phi) is 19.4. The number of rotatable bonds is 28. The monoisotopic (exact) mass is 860 g/mol. The Morgan fingerprint density at radius 3 is 1.95 bits per heavy atom. The molecule has 0 unspecified atom stereocenters. The zero-order chi connectivity index (χ0) is 41.8. The maximum atomic E-state index is 14.0. The molecule has 5 rings (SSSR count). The highest BCUT2D eigenvalue weighted by atomic mass is 35.5. The van der Waals surface area contributed by atoms with Crippen molar-refractivity contribution in [3.8, 4) is 11.5 Å². The van der Waals surface area contributed by atoms with E-state index in [1.165, 1.54) is 19.0 Å². The van der Waals surface area contributed by atoms with E-state index in [0.717, 1.165) is 17.9 Å². The topological polar surface area (TPSA) is 159 Å². The summed E-state index contributed by atoms with van der Waals surface area (Å²) in [5.41, 5.74) is 2.93. The van der Waals surface area contributed by atoms with Crippen molar-refractivity contribution >= 4 is 52.4 Å². The second-order valence-electron chi connectivity index (χ2n) is 13.9. The number of nitrogens with zero attached hydrogens (tertiary/aromatic N) is 4. The number of hydrogen-bond donors (Lipinski definition) is 1. The molecule has 0 saturated heterocycles. The molecule has 2 amide bonds. The van der Waals surface area contributed by atoms with Crippen molar-refractivity contribution in [2.24, 2.45) is 0 Å². The molecule has 17 heteroatoms. The molecule has 2 aromatic carbocycles. The van der Waals surface area contributed by atoms with Gasteiger partial charge in [0.25, 0.3) is 5.91 Å². The van der Waals surface area contributed by atoms with E-state index >= 15 is 0 Å². The standard InChI is InChI=1S/C42H54Cl2N4O11/c1-46(15-17-54-19-21-56-23-25-58-27-26-57-24-22-55-20-18-53-16-11-41(50)51)40(49)9-6-31-28-35(44)39(29-34(31)43)59-38-10-12-45-30-33(38)42(52)48-14-13-47(32-7-8-32)36-4-2-3-5-37(36)48/h2-5,10,12,28-30,32H,6-9,11,13-27H2,1H3,(H,50,51). The number of amides is 2. The molecule has 1 aromatic heterocycles. The normalized spacial score (nSPS) is 13.7. The number of anilines is 2. The quantitative estimate of drug-likeness (QED) is 0.0878. The Balaban J connectivity index is 0.931. The SMILES string of the molecule is CN(CCOCCOCCOCCOCCOCCOCCC(=O)O)C(=O)CCc1cc(Cl)c(Oc2ccncc2C(=O)N2CCN(C3CC3)c3ccccc32)cc1Cl. The summed E-state index contributed by atoms with van der Waals surface area (Å²) in [5, 5.41) is 9.23. The molecule has 1 aliphatic heterocycles. The van der Waals surface area contributed by atoms with Gasteiger partial charge in [-0.3, -0.25) is 19.4 Å². The molecule has 0 bridgehead atoms. The van der Waals surface area contributed by atoms with Crippen LogP contribution in [0.1, 0.15) is 41.6 Å². The molecule has 1 aliphatic carbocycles. The fourth-order valence-electron chi connectivity index (χ4n) is 6.21. The summed E-state index contributed by atoms with van der Waals surface area (Å²) < 4.78 is 38.7. The van der Waals surface area contributed by atoms with Crippen molar-refractivity contribution in [2.75, 3.05) is 116 Å². The highest BCUT2D eigenvalue weighted by molar-refractivity contribution is 6.34. The third-order valence-corrected chi connectivity index (χ3v) is 10.2. The van der Waals surface area contributed by atoms with E-state index in [4.69, 9.17) is 61.5 Å². The maximum absolute atomic E-state index is 14.0. The van der Waals surface area contributed by atoms with E-state index in [2.05, 4.69) is 16.0 Å². The largest absolute Gasteiger partial charge is 0.481 e. The first-order valence-electron chi connectivity index (χ1n) is 19.9. The van der Waals surface area contributed by atoms with Crippen LogP contribution in [0.3, 0.4) is 0 Å². The average molecular weight is 862 g/mol. The molecule has 2 aliphatic rings. The molecule has 0 spiro atoms. The van der Waals surface area contributed by atoms with Crippen LogP contribution in [0.5, 0.6) is 11.5 Å². The van der Waals surface area contributed by atoms with Gasteiger partial charge in [-0.15, -0.1) is 0 Å². The summed E-state index contributed by atoms with van der Waals surface area (Å²) in [5.74, 6) is -0.566. The number of fused-ring (bicyclic) bond motifs is 1. The molecule has 322 valence electrons. The number of pyridine rings is 1. The highest BCUT2D eigenvalue weighted by Crippen LogP contribution is 2.41. The Hall–Kier alpha value is -4.06. The summed E-state index contributed by atoms with van der Waals surface area (Å²) in [6.45, 7) is 6.34. The van der Waals surface area contributed by atoms with Crippen LogP contribution < -0.4 is 14.5 Å². The Morgan fingerprint density at radius 2 is 1.34 bits per heavy atom. The predicted octanol–water partition coefficient (Wildman–Crippen LogP) is 5.78. The van der Waals surface area contributed by atoms with E-state index in [1.807, 2.05) is 18.2 Å². The van der Waals surface area contributed by atoms with Gasteiger partial charge in [-0.25, -0.2) is 0 Å². The zero-order valence-corrected chi connectivity index (χ0v) is 35.0. The number of carboxylic acids is 1. The molecular formula is C42H54Cl2N4O11. The van der Waals surface area contributed by atoms with Crippen LogP contribution in [-0.4, -0.2) is 145 Å². The van der Waals surface area contributed by atoms with E-state index in [0.29, 0.717) is 125 Å². The zero-order valence-electron chi connectivity index (χ0n) is 33.5. The number of hydrogen-bond acceptors (Lipinski definition) is 12. The Labute approximate surface area is 355 Å². The molecule has 0 atom stereocenters. The van der Waals surface area contributed by atoms with Crippen molar-refractivity contribution in [1.82, 2.24) is 9.88 Å². The van der Waals surface area contributed by atoms with Crippen molar-refractivity contribution in [1.29, 1.82) is 0 Å². The van der Waals surface area contributed by atoms with Gasteiger partial charge in [-0.2, -0.15) is 0 Å². The number of aliphatic carboxylic acids is 1. The maximum Gasteiger partial charge on any atom is 0.305 e. The van der Waals surface area contributed by atoms with E-state index in [1.54, 1.807) is 41.2 Å². The molecule has 3 aromatic rings. The van der Waals surface area contributed by atoms with Gasteiger partial charge < -0.3 is 53.0 Å². The molecule has 59 heavy (non-hydrogen) atoms. The van der Waals surface area contributed by atoms with Gasteiger partial charge in [-0.05, 0) is 49.1 Å². The minimum absolute atomic E-state index is 0.0198. The lowest BCUT2D eigenvalue weighted by Crippen LogP contribution is -2.45. The third-order valence-electron chi connectivity index (χ3n) is 9.54. The molecule has 1 N–H and O–H groups in total. The number of aromatic nitrogens is 1. The van der Waals surface area contributed by atoms with Crippen molar-refractivity contribution in [3.63, 3.8) is 0 Å². The van der Waals surface area contributed by atoms with Crippen LogP contribution in [0, 0.1) is 0 Å². The van der Waals surface area contributed by atoms with E-state index in [-0.39, 0.29) is 37.0 Å². The van der Waals surface area contributed by atoms with Crippen molar-refractivity contribution < 1.29 is 52.6 Å². The van der Waals surface area contributed by atoms with Gasteiger partial charge in [0, 0.05) is 62.6 Å². The summed E-state index contributed by atoms with van der Waals surface area (Å²) in [6.07, 6.45) is 5.98. The molecule has 2 heterocycles. The molecule has 1 saturated carbocycles. The fourth-order valence-corrected chi connectivity index (χ4v) is 6.69. The summed E-state index contributed by atoms with van der Waals surface area (Å²) >= 11 is 13.3. The van der Waals surface area contributed by atoms with Gasteiger partial charge in [-0.1, -0.05) is 35.3 Å². The fraction of sp³-hybridized carbons (Fsp3) is 0.524. The second-order valence-corrected chi connectivity index (χ2v) is 14.7. The van der Waals surface area contributed by atoms with Gasteiger partial charge >= 0.3 is 5.97 Å². The van der Waals surface area contributed by atoms with Crippen LogP contribution in [0.15, 0.2) is 54.9 Å². The molecule has 1 fully saturated rings. The first-order chi connectivity index (χ1) is 28.7. The van der Waals surface area contributed by atoms with Crippen LogP contribution in [0.25, 0.3) is 0 Å². The lowest BCUT2D eigenvalue weighted by atomic mass is 10.1. The molecular weight excluding hydrogens is 807 g/mol. The smallest absolute Gasteiger partial charge is 0.305 e. The minimum Gasteiger partial charge on any atom is -0.481 e. The van der Waals surface area contributed by atoms with Crippen LogP contribution in [0.4, 0.5) is 11.4 Å². The summed E-state index contributed by atoms with van der Waals surface area (Å²) in [7, 11) is 1.73. The van der Waals surface area contributed by atoms with E-state index in [9.17, 15) is 14.4 Å². The number of ether oxygens (including phenoxy) is 7. The summed E-state index contributed by atoms with van der Waals surface area (Å²) in [6, 6.07) is 13.4. The number of carboxylic acid groups (broad SMARTS) is 1. The number of likely N-dealkylation sites (N-methyl/N-ethyl adjacent to an activating group) is 1. The van der Waals surface area contributed by atoms with E-state index < -0.39 is 5.97 Å². The van der Waals surface area contributed by atoms with Gasteiger partial charge in [0.05, 0.1) is 102 Å². The Bertz CT molecular complexity index is 1800. The highest BCUT2D eigenvalue weighted by Gasteiger charge is 2.36. The Morgan fingerprint density at radius 1 is 0.746 bits per heavy atom. The first-order valence-corrected chi connectivity index (χ1v) is 20.7. The molecule has 15 nitrogen and oxygen atoms in total.